The van der Waals surface area contributed by atoms with Crippen LogP contribution in [-0.4, -0.2) is 49.6 Å². The molecule has 5 nitrogen and oxygen atoms in total. The lowest BCUT2D eigenvalue weighted by Gasteiger charge is -2.20. The van der Waals surface area contributed by atoms with Gasteiger partial charge in [0.25, 0.3) is 0 Å². The summed E-state index contributed by atoms with van der Waals surface area (Å²) in [5, 5.41) is 2.65. The number of ether oxygens (including phenoxy) is 1. The van der Waals surface area contributed by atoms with Crippen LogP contribution in [0.5, 0.6) is 5.88 Å². The Bertz CT molecular complexity index is 479. The minimum absolute atomic E-state index is 0.174. The summed E-state index contributed by atoms with van der Waals surface area (Å²) in [7, 11) is 3.20. The molecule has 0 aliphatic carbocycles. The van der Waals surface area contributed by atoms with E-state index in [1.54, 1.807) is 11.9 Å². The van der Waals surface area contributed by atoms with Gasteiger partial charge in [-0.05, 0) is 6.07 Å². The van der Waals surface area contributed by atoms with Crippen molar-refractivity contribution in [1.29, 1.82) is 0 Å². The van der Waals surface area contributed by atoms with Crippen LogP contribution in [-0.2, 0) is 5.92 Å². The highest BCUT2D eigenvalue weighted by Gasteiger charge is 2.34. The SMILES string of the molecule is COc1cccc(C(F)(F)CNC2=NCCN2C)n1. The van der Waals surface area contributed by atoms with Gasteiger partial charge in [-0.25, -0.2) is 4.98 Å². The number of aromatic nitrogens is 1. The zero-order valence-electron chi connectivity index (χ0n) is 10.9. The molecule has 0 amide bonds. The molecular weight excluding hydrogens is 254 g/mol. The molecule has 1 aromatic rings. The van der Waals surface area contributed by atoms with E-state index >= 15 is 0 Å². The van der Waals surface area contributed by atoms with Crippen molar-refractivity contribution in [3.8, 4) is 5.88 Å². The summed E-state index contributed by atoms with van der Waals surface area (Å²) in [4.78, 5) is 9.66. The standard InChI is InChI=1S/C12H16F2N4O/c1-18-7-6-15-11(18)16-8-12(13,14)9-4-3-5-10(17-9)19-2/h3-5H,6-8H2,1-2H3,(H,15,16). The van der Waals surface area contributed by atoms with Gasteiger partial charge >= 0.3 is 5.92 Å². The fourth-order valence-corrected chi connectivity index (χ4v) is 1.74. The Balaban J connectivity index is 2.04. The first-order chi connectivity index (χ1) is 9.03. The smallest absolute Gasteiger partial charge is 0.306 e. The summed E-state index contributed by atoms with van der Waals surface area (Å²) < 4.78 is 32.8. The number of rotatable bonds is 4. The summed E-state index contributed by atoms with van der Waals surface area (Å²) in [6, 6.07) is 4.31. The van der Waals surface area contributed by atoms with Crippen LogP contribution in [0.15, 0.2) is 23.2 Å². The Morgan fingerprint density at radius 1 is 1.47 bits per heavy atom. The van der Waals surface area contributed by atoms with Crippen molar-refractivity contribution in [2.75, 3.05) is 33.8 Å². The second-order valence-corrected chi connectivity index (χ2v) is 4.25. The number of alkyl halides is 2. The fourth-order valence-electron chi connectivity index (χ4n) is 1.74. The van der Waals surface area contributed by atoms with Crippen LogP contribution in [0.25, 0.3) is 0 Å². The van der Waals surface area contributed by atoms with Crippen LogP contribution >= 0.6 is 0 Å². The molecule has 0 atom stereocenters. The van der Waals surface area contributed by atoms with E-state index in [1.165, 1.54) is 25.3 Å². The van der Waals surface area contributed by atoms with Crippen molar-refractivity contribution in [2.45, 2.75) is 5.92 Å². The molecule has 0 saturated heterocycles. The van der Waals surface area contributed by atoms with Gasteiger partial charge in [-0.15, -0.1) is 0 Å². The number of nitrogens with one attached hydrogen (secondary N) is 1. The molecule has 0 aromatic carbocycles. The number of pyridine rings is 1. The van der Waals surface area contributed by atoms with E-state index < -0.39 is 12.5 Å². The largest absolute Gasteiger partial charge is 0.481 e. The van der Waals surface area contributed by atoms with Crippen LogP contribution in [0.3, 0.4) is 0 Å². The van der Waals surface area contributed by atoms with Crippen LogP contribution in [0.2, 0.25) is 0 Å². The molecule has 1 aliphatic rings. The predicted molar refractivity (Wildman–Crippen MR) is 67.6 cm³/mol. The van der Waals surface area contributed by atoms with Gasteiger partial charge in [0.15, 0.2) is 5.96 Å². The highest BCUT2D eigenvalue weighted by atomic mass is 19.3. The molecule has 1 aliphatic heterocycles. The highest BCUT2D eigenvalue weighted by molar-refractivity contribution is 5.81. The molecule has 2 rings (SSSR count). The molecule has 1 N–H and O–H groups in total. The zero-order chi connectivity index (χ0) is 13.9. The van der Waals surface area contributed by atoms with Crippen LogP contribution < -0.4 is 10.1 Å². The van der Waals surface area contributed by atoms with E-state index in [1.807, 2.05) is 0 Å². The second-order valence-electron chi connectivity index (χ2n) is 4.25. The molecular formula is C12H16F2N4O. The number of halogens is 2. The summed E-state index contributed by atoms with van der Waals surface area (Å²) in [5.74, 6) is -2.42. The van der Waals surface area contributed by atoms with Crippen LogP contribution in [0.1, 0.15) is 5.69 Å². The maximum Gasteiger partial charge on any atom is 0.306 e. The van der Waals surface area contributed by atoms with Gasteiger partial charge < -0.3 is 15.0 Å². The first kappa shape index (κ1) is 13.5. The lowest BCUT2D eigenvalue weighted by molar-refractivity contribution is -0.00418. The Kier molecular flexibility index (Phi) is 3.82. The van der Waals surface area contributed by atoms with Gasteiger partial charge in [-0.1, -0.05) is 6.07 Å². The molecule has 7 heteroatoms. The third kappa shape index (κ3) is 3.10. The van der Waals surface area contributed by atoms with E-state index in [0.717, 1.165) is 6.54 Å². The first-order valence-electron chi connectivity index (χ1n) is 5.92. The minimum Gasteiger partial charge on any atom is -0.481 e. The van der Waals surface area contributed by atoms with Crippen molar-refractivity contribution in [3.05, 3.63) is 23.9 Å². The number of guanidine groups is 1. The molecule has 19 heavy (non-hydrogen) atoms. The Labute approximate surface area is 110 Å². The monoisotopic (exact) mass is 270 g/mol. The van der Waals surface area contributed by atoms with E-state index in [4.69, 9.17) is 4.74 Å². The molecule has 104 valence electrons. The predicted octanol–water partition coefficient (Wildman–Crippen LogP) is 1.07. The summed E-state index contributed by atoms with van der Waals surface area (Å²) in [5.41, 5.74) is -0.319. The van der Waals surface area contributed by atoms with Gasteiger partial charge in [-0.2, -0.15) is 8.78 Å². The van der Waals surface area contributed by atoms with E-state index in [-0.39, 0.29) is 11.6 Å². The van der Waals surface area contributed by atoms with Gasteiger partial charge in [0, 0.05) is 19.7 Å². The normalized spacial score (nSPS) is 15.4. The molecule has 2 heterocycles. The Morgan fingerprint density at radius 3 is 2.89 bits per heavy atom. The number of nitrogens with zero attached hydrogens (tertiary/aromatic N) is 3. The number of hydrogen-bond acceptors (Lipinski definition) is 5. The number of methoxy groups -OCH3 is 1. The fraction of sp³-hybridized carbons (Fsp3) is 0.500. The van der Waals surface area contributed by atoms with Gasteiger partial charge in [0.2, 0.25) is 5.88 Å². The first-order valence-corrected chi connectivity index (χ1v) is 5.92. The molecule has 0 saturated carbocycles. The summed E-state index contributed by atoms with van der Waals surface area (Å²) in [6.45, 7) is 0.823. The van der Waals surface area contributed by atoms with Gasteiger partial charge in [0.1, 0.15) is 5.69 Å². The van der Waals surface area contributed by atoms with Crippen LogP contribution in [0, 0.1) is 0 Å². The van der Waals surface area contributed by atoms with Crippen molar-refractivity contribution in [3.63, 3.8) is 0 Å². The third-order valence-electron chi connectivity index (χ3n) is 2.83. The lowest BCUT2D eigenvalue weighted by atomic mass is 10.2. The average molecular weight is 270 g/mol. The van der Waals surface area contributed by atoms with Crippen molar-refractivity contribution >= 4 is 5.96 Å². The number of hydrogen-bond donors (Lipinski definition) is 1. The molecule has 0 unspecified atom stereocenters. The van der Waals surface area contributed by atoms with Crippen molar-refractivity contribution in [1.82, 2.24) is 15.2 Å². The minimum atomic E-state index is -3.08. The zero-order valence-corrected chi connectivity index (χ0v) is 10.9. The van der Waals surface area contributed by atoms with Gasteiger partial charge in [0.05, 0.1) is 20.2 Å². The van der Waals surface area contributed by atoms with Crippen LogP contribution in [0.4, 0.5) is 8.78 Å². The maximum absolute atomic E-state index is 14.0. The topological polar surface area (TPSA) is 49.8 Å². The Hall–Kier alpha value is -1.92. The molecule has 0 bridgehead atoms. The second kappa shape index (κ2) is 5.38. The maximum atomic E-state index is 14.0. The molecule has 0 fully saturated rings. The van der Waals surface area contributed by atoms with Crippen molar-refractivity contribution in [2.24, 2.45) is 4.99 Å². The number of aliphatic imine (C=N–C) groups is 1. The van der Waals surface area contributed by atoms with Crippen molar-refractivity contribution < 1.29 is 13.5 Å². The third-order valence-corrected chi connectivity index (χ3v) is 2.83. The number of likely N-dealkylation sites (N-methyl/N-ethyl adjacent to an activating group) is 1. The quantitative estimate of drug-likeness (QED) is 0.889. The summed E-state index contributed by atoms with van der Waals surface area (Å²) >= 11 is 0. The molecule has 0 spiro atoms. The van der Waals surface area contributed by atoms with E-state index in [2.05, 4.69) is 15.3 Å². The Morgan fingerprint density at radius 2 is 2.26 bits per heavy atom. The molecule has 1 aromatic heterocycles. The summed E-state index contributed by atoms with van der Waals surface area (Å²) in [6.07, 6.45) is 0. The lowest BCUT2D eigenvalue weighted by Crippen LogP contribution is -2.41. The van der Waals surface area contributed by atoms with E-state index in [0.29, 0.717) is 12.5 Å². The van der Waals surface area contributed by atoms with E-state index in [9.17, 15) is 8.78 Å². The molecule has 0 radical (unpaired) electrons. The highest BCUT2D eigenvalue weighted by Crippen LogP contribution is 2.26. The average Bonchev–Trinajstić information content (AvgIpc) is 2.82. The van der Waals surface area contributed by atoms with Gasteiger partial charge in [-0.3, -0.25) is 4.99 Å².